The molecular formula is C10H10O. The average Bonchev–Trinajstić information content (AvgIpc) is 2.03. The van der Waals surface area contributed by atoms with Crippen molar-refractivity contribution in [1.82, 2.24) is 0 Å². The Kier molecular flexibility index (Phi) is 7.26. The van der Waals surface area contributed by atoms with Crippen molar-refractivity contribution in [3.8, 4) is 11.8 Å². The lowest BCUT2D eigenvalue weighted by atomic mass is 10.4. The van der Waals surface area contributed by atoms with Gasteiger partial charge in [-0.25, -0.2) is 0 Å². The van der Waals surface area contributed by atoms with Crippen LogP contribution < -0.4 is 0 Å². The van der Waals surface area contributed by atoms with Gasteiger partial charge in [-0.05, 0) is 25.2 Å². The quantitative estimate of drug-likeness (QED) is 0.251. The zero-order chi connectivity index (χ0) is 8.36. The van der Waals surface area contributed by atoms with E-state index < -0.39 is 0 Å². The van der Waals surface area contributed by atoms with E-state index in [1.165, 1.54) is 12.2 Å². The Morgan fingerprint density at radius 2 is 1.64 bits per heavy atom. The highest BCUT2D eigenvalue weighted by molar-refractivity contribution is 5.65. The Bertz CT molecular complexity index is 233. The highest BCUT2D eigenvalue weighted by atomic mass is 16.1. The number of carbonyl (C=O) groups excluding carboxylic acids is 1. The smallest absolute Gasteiger partial charge is 0.143 e. The largest absolute Gasteiger partial charge is 0.299 e. The SMILES string of the molecule is CC=CC=CC#CC=CC=O. The predicted octanol–water partition coefficient (Wildman–Crippen LogP) is 1.88. The van der Waals surface area contributed by atoms with Gasteiger partial charge in [0.15, 0.2) is 0 Å². The third-order valence-electron chi connectivity index (χ3n) is 0.825. The van der Waals surface area contributed by atoms with Crippen LogP contribution in [0.15, 0.2) is 36.5 Å². The Labute approximate surface area is 67.1 Å². The van der Waals surface area contributed by atoms with Crippen LogP contribution in [0, 0.1) is 11.8 Å². The van der Waals surface area contributed by atoms with Crippen molar-refractivity contribution in [1.29, 1.82) is 0 Å². The van der Waals surface area contributed by atoms with E-state index >= 15 is 0 Å². The second kappa shape index (κ2) is 8.45. The number of aldehydes is 1. The summed E-state index contributed by atoms with van der Waals surface area (Å²) in [5.74, 6) is 5.39. The normalized spacial score (nSPS) is 10.6. The molecule has 0 aromatic rings. The fraction of sp³-hybridized carbons (Fsp3) is 0.100. The molecule has 0 saturated heterocycles. The molecule has 0 bridgehead atoms. The molecule has 0 N–H and O–H groups in total. The number of rotatable bonds is 2. The van der Waals surface area contributed by atoms with Gasteiger partial charge in [0.2, 0.25) is 0 Å². The highest BCUT2D eigenvalue weighted by Gasteiger charge is 1.59. The van der Waals surface area contributed by atoms with Gasteiger partial charge in [-0.2, -0.15) is 0 Å². The van der Waals surface area contributed by atoms with Gasteiger partial charge in [0.05, 0.1) is 0 Å². The third-order valence-corrected chi connectivity index (χ3v) is 0.825. The number of carbonyl (C=O) groups is 1. The zero-order valence-electron chi connectivity index (χ0n) is 6.45. The first-order valence-electron chi connectivity index (χ1n) is 3.31. The number of allylic oxidation sites excluding steroid dienone is 6. The highest BCUT2D eigenvalue weighted by Crippen LogP contribution is 1.74. The zero-order valence-corrected chi connectivity index (χ0v) is 6.45. The van der Waals surface area contributed by atoms with Crippen molar-refractivity contribution in [2.45, 2.75) is 6.92 Å². The van der Waals surface area contributed by atoms with Gasteiger partial charge < -0.3 is 0 Å². The number of hydrogen-bond donors (Lipinski definition) is 0. The minimum absolute atomic E-state index is 0.699. The second-order valence-corrected chi connectivity index (χ2v) is 1.67. The first-order valence-corrected chi connectivity index (χ1v) is 3.31. The van der Waals surface area contributed by atoms with Crippen LogP contribution in [0.3, 0.4) is 0 Å². The van der Waals surface area contributed by atoms with Crippen LogP contribution in [0.4, 0.5) is 0 Å². The molecule has 11 heavy (non-hydrogen) atoms. The summed E-state index contributed by atoms with van der Waals surface area (Å²) in [6.45, 7) is 1.93. The fourth-order valence-corrected chi connectivity index (χ4v) is 0.398. The lowest BCUT2D eigenvalue weighted by Crippen LogP contribution is -1.56. The van der Waals surface area contributed by atoms with E-state index in [1.807, 2.05) is 25.2 Å². The van der Waals surface area contributed by atoms with Gasteiger partial charge in [-0.1, -0.05) is 30.1 Å². The molecule has 0 aliphatic heterocycles. The predicted molar refractivity (Wildman–Crippen MR) is 46.9 cm³/mol. The van der Waals surface area contributed by atoms with E-state index in [0.29, 0.717) is 6.29 Å². The summed E-state index contributed by atoms with van der Waals surface area (Å²) >= 11 is 0. The molecule has 0 aromatic carbocycles. The van der Waals surface area contributed by atoms with E-state index in [4.69, 9.17) is 0 Å². The lowest BCUT2D eigenvalue weighted by Gasteiger charge is -1.66. The van der Waals surface area contributed by atoms with Gasteiger partial charge in [-0.3, -0.25) is 4.79 Å². The Morgan fingerprint density at radius 1 is 1.00 bits per heavy atom. The molecule has 0 spiro atoms. The van der Waals surface area contributed by atoms with Gasteiger partial charge >= 0.3 is 0 Å². The van der Waals surface area contributed by atoms with E-state index in [-0.39, 0.29) is 0 Å². The summed E-state index contributed by atoms with van der Waals surface area (Å²) in [6.07, 6.45) is 10.9. The summed E-state index contributed by atoms with van der Waals surface area (Å²) in [4.78, 5) is 9.76. The third kappa shape index (κ3) is 8.45. The first-order chi connectivity index (χ1) is 5.41. The summed E-state index contributed by atoms with van der Waals surface area (Å²) in [5.41, 5.74) is 0. The first kappa shape index (κ1) is 9.45. The van der Waals surface area contributed by atoms with E-state index in [9.17, 15) is 4.79 Å². The van der Waals surface area contributed by atoms with Crippen LogP contribution in [0.1, 0.15) is 6.92 Å². The van der Waals surface area contributed by atoms with Gasteiger partial charge in [0.1, 0.15) is 6.29 Å². The van der Waals surface area contributed by atoms with Gasteiger partial charge in [0.25, 0.3) is 0 Å². The van der Waals surface area contributed by atoms with Crippen molar-refractivity contribution >= 4 is 6.29 Å². The molecule has 1 nitrogen and oxygen atoms in total. The molecular weight excluding hydrogens is 136 g/mol. The van der Waals surface area contributed by atoms with Crippen molar-refractivity contribution < 1.29 is 4.79 Å². The molecule has 0 amide bonds. The number of hydrogen-bond acceptors (Lipinski definition) is 1. The molecule has 0 rings (SSSR count). The van der Waals surface area contributed by atoms with E-state index in [2.05, 4.69) is 11.8 Å². The fourth-order valence-electron chi connectivity index (χ4n) is 0.398. The summed E-state index contributed by atoms with van der Waals surface area (Å²) < 4.78 is 0. The molecule has 0 heterocycles. The molecule has 56 valence electrons. The van der Waals surface area contributed by atoms with Crippen LogP contribution in [-0.4, -0.2) is 6.29 Å². The molecule has 0 unspecified atom stereocenters. The summed E-state index contributed by atoms with van der Waals surface area (Å²) in [6, 6.07) is 0. The molecule has 1 heteroatoms. The maximum Gasteiger partial charge on any atom is 0.143 e. The Hall–Kier alpha value is -1.55. The van der Waals surface area contributed by atoms with Crippen LogP contribution in [-0.2, 0) is 4.79 Å². The average molecular weight is 146 g/mol. The molecule has 0 atom stereocenters. The van der Waals surface area contributed by atoms with Crippen LogP contribution in [0.5, 0.6) is 0 Å². The summed E-state index contributed by atoms with van der Waals surface area (Å²) in [5, 5.41) is 0. The molecule has 0 aliphatic carbocycles. The molecule has 0 aromatic heterocycles. The van der Waals surface area contributed by atoms with Crippen LogP contribution in [0.25, 0.3) is 0 Å². The van der Waals surface area contributed by atoms with Crippen molar-refractivity contribution in [2.75, 3.05) is 0 Å². The molecule has 0 fully saturated rings. The molecule has 0 radical (unpaired) electrons. The topological polar surface area (TPSA) is 17.1 Å². The van der Waals surface area contributed by atoms with E-state index in [1.54, 1.807) is 6.08 Å². The Morgan fingerprint density at radius 3 is 2.18 bits per heavy atom. The van der Waals surface area contributed by atoms with Crippen LogP contribution >= 0.6 is 0 Å². The van der Waals surface area contributed by atoms with Crippen molar-refractivity contribution in [3.05, 3.63) is 36.5 Å². The van der Waals surface area contributed by atoms with Gasteiger partial charge in [-0.15, -0.1) is 0 Å². The van der Waals surface area contributed by atoms with Crippen molar-refractivity contribution in [3.63, 3.8) is 0 Å². The molecule has 0 aliphatic rings. The molecule has 0 saturated carbocycles. The maximum atomic E-state index is 9.76. The minimum Gasteiger partial charge on any atom is -0.299 e. The maximum absolute atomic E-state index is 9.76. The van der Waals surface area contributed by atoms with Crippen molar-refractivity contribution in [2.24, 2.45) is 0 Å². The van der Waals surface area contributed by atoms with Crippen LogP contribution in [0.2, 0.25) is 0 Å². The Balaban J connectivity index is 3.71. The monoisotopic (exact) mass is 146 g/mol. The van der Waals surface area contributed by atoms with Gasteiger partial charge in [0, 0.05) is 0 Å². The standard InChI is InChI=1S/C10H10O/c1-2-3-4-5-6-7-8-9-10-11/h2-5,8-10H,1H3. The second-order valence-electron chi connectivity index (χ2n) is 1.67. The van der Waals surface area contributed by atoms with E-state index in [0.717, 1.165) is 0 Å². The minimum atomic E-state index is 0.699. The lowest BCUT2D eigenvalue weighted by molar-refractivity contribution is -0.104. The summed E-state index contributed by atoms with van der Waals surface area (Å²) in [7, 11) is 0.